The van der Waals surface area contributed by atoms with Crippen molar-refractivity contribution < 1.29 is 22.8 Å². The van der Waals surface area contributed by atoms with Gasteiger partial charge in [-0.3, -0.25) is 10.1 Å². The highest BCUT2D eigenvalue weighted by Gasteiger charge is 2.21. The molecule has 0 fully saturated rings. The van der Waals surface area contributed by atoms with Gasteiger partial charge in [0.2, 0.25) is 16.8 Å². The topological polar surface area (TPSA) is 108 Å². The van der Waals surface area contributed by atoms with E-state index in [-0.39, 0.29) is 23.9 Å². The number of ether oxygens (including phenoxy) is 2. The van der Waals surface area contributed by atoms with Gasteiger partial charge in [-0.2, -0.15) is 0 Å². The standard InChI is InChI=1S/C16H16N2O6S/c1-2-12-4-5-13(8-14(12)18(19)20)25(21,22)17-9-11-3-6-15-16(7-11)24-10-23-15/h3-8,17H,2,9-10H2,1H3. The van der Waals surface area contributed by atoms with Gasteiger partial charge in [-0.1, -0.05) is 19.1 Å². The molecule has 2 aromatic rings. The van der Waals surface area contributed by atoms with Gasteiger partial charge in [-0.05, 0) is 30.2 Å². The lowest BCUT2D eigenvalue weighted by atomic mass is 10.1. The van der Waals surface area contributed by atoms with Crippen LogP contribution >= 0.6 is 0 Å². The van der Waals surface area contributed by atoms with E-state index in [9.17, 15) is 18.5 Å². The number of nitrogens with one attached hydrogen (secondary N) is 1. The third-order valence-corrected chi connectivity index (χ3v) is 5.25. The van der Waals surface area contributed by atoms with Crippen molar-refractivity contribution >= 4 is 15.7 Å². The van der Waals surface area contributed by atoms with Crippen molar-refractivity contribution in [2.45, 2.75) is 24.8 Å². The Hall–Kier alpha value is -2.65. The molecule has 132 valence electrons. The van der Waals surface area contributed by atoms with Crippen LogP contribution in [0.4, 0.5) is 5.69 Å². The first kappa shape index (κ1) is 17.2. The Morgan fingerprint density at radius 1 is 1.16 bits per heavy atom. The highest BCUT2D eigenvalue weighted by atomic mass is 32.2. The maximum atomic E-state index is 12.4. The normalized spacial score (nSPS) is 13.0. The summed E-state index contributed by atoms with van der Waals surface area (Å²) >= 11 is 0. The number of nitrogens with zero attached hydrogens (tertiary/aromatic N) is 1. The molecule has 0 atom stereocenters. The summed E-state index contributed by atoms with van der Waals surface area (Å²) in [4.78, 5) is 10.4. The van der Waals surface area contributed by atoms with E-state index in [0.29, 0.717) is 29.0 Å². The molecule has 2 aromatic carbocycles. The molecule has 0 aliphatic carbocycles. The molecule has 1 heterocycles. The highest BCUT2D eigenvalue weighted by molar-refractivity contribution is 7.89. The Balaban J connectivity index is 1.80. The molecule has 1 N–H and O–H groups in total. The molecule has 0 aromatic heterocycles. The summed E-state index contributed by atoms with van der Waals surface area (Å²) in [6.45, 7) is 1.94. The van der Waals surface area contributed by atoms with E-state index in [1.807, 2.05) is 0 Å². The molecule has 0 saturated heterocycles. The predicted molar refractivity (Wildman–Crippen MR) is 89.1 cm³/mol. The minimum Gasteiger partial charge on any atom is -0.454 e. The van der Waals surface area contributed by atoms with Crippen LogP contribution in [-0.4, -0.2) is 20.1 Å². The number of rotatable bonds is 6. The monoisotopic (exact) mass is 364 g/mol. The Bertz CT molecular complexity index is 926. The van der Waals surface area contributed by atoms with E-state index in [2.05, 4.69) is 4.72 Å². The molecule has 8 nitrogen and oxygen atoms in total. The smallest absolute Gasteiger partial charge is 0.273 e. The van der Waals surface area contributed by atoms with E-state index < -0.39 is 14.9 Å². The first-order chi connectivity index (χ1) is 11.9. The van der Waals surface area contributed by atoms with Crippen LogP contribution in [-0.2, 0) is 23.0 Å². The molecule has 0 unspecified atom stereocenters. The second-order valence-electron chi connectivity index (χ2n) is 5.41. The SMILES string of the molecule is CCc1ccc(S(=O)(=O)NCc2ccc3c(c2)OCO3)cc1[N+](=O)[O-]. The van der Waals surface area contributed by atoms with Crippen molar-refractivity contribution in [3.8, 4) is 11.5 Å². The van der Waals surface area contributed by atoms with Crippen molar-refractivity contribution in [3.05, 3.63) is 57.6 Å². The fraction of sp³-hybridized carbons (Fsp3) is 0.250. The van der Waals surface area contributed by atoms with Crippen LogP contribution < -0.4 is 14.2 Å². The minimum absolute atomic E-state index is 0.0301. The van der Waals surface area contributed by atoms with Crippen LogP contribution in [0, 0.1) is 10.1 Å². The van der Waals surface area contributed by atoms with E-state index in [1.165, 1.54) is 12.1 Å². The number of benzene rings is 2. The molecule has 25 heavy (non-hydrogen) atoms. The van der Waals surface area contributed by atoms with E-state index >= 15 is 0 Å². The van der Waals surface area contributed by atoms with Crippen molar-refractivity contribution in [3.63, 3.8) is 0 Å². The van der Waals surface area contributed by atoms with Crippen LogP contribution in [0.5, 0.6) is 11.5 Å². The van der Waals surface area contributed by atoms with Gasteiger partial charge in [0, 0.05) is 18.2 Å². The predicted octanol–water partition coefficient (Wildman–Crippen LogP) is 2.36. The molecule has 0 bridgehead atoms. The second kappa shape index (κ2) is 6.69. The molecule has 0 radical (unpaired) electrons. The quantitative estimate of drug-likeness (QED) is 0.623. The van der Waals surface area contributed by atoms with Crippen molar-refractivity contribution in [1.29, 1.82) is 0 Å². The van der Waals surface area contributed by atoms with Crippen molar-refractivity contribution in [2.24, 2.45) is 0 Å². The lowest BCUT2D eigenvalue weighted by Crippen LogP contribution is -2.23. The third kappa shape index (κ3) is 3.57. The summed E-state index contributed by atoms with van der Waals surface area (Å²) < 4.78 is 37.7. The Morgan fingerprint density at radius 3 is 2.64 bits per heavy atom. The van der Waals surface area contributed by atoms with E-state index in [0.717, 1.165) is 6.07 Å². The van der Waals surface area contributed by atoms with Gasteiger partial charge in [0.05, 0.1) is 9.82 Å². The van der Waals surface area contributed by atoms with Gasteiger partial charge in [-0.15, -0.1) is 0 Å². The second-order valence-corrected chi connectivity index (χ2v) is 7.18. The maximum Gasteiger partial charge on any atom is 0.273 e. The Kier molecular flexibility index (Phi) is 4.60. The summed E-state index contributed by atoms with van der Waals surface area (Å²) in [6.07, 6.45) is 0.446. The molecule has 0 amide bonds. The number of fused-ring (bicyclic) bond motifs is 1. The number of sulfonamides is 1. The molecular weight excluding hydrogens is 348 g/mol. The highest BCUT2D eigenvalue weighted by Crippen LogP contribution is 2.32. The molecule has 3 rings (SSSR count). The van der Waals surface area contributed by atoms with Crippen LogP contribution in [0.1, 0.15) is 18.1 Å². The summed E-state index contributed by atoms with van der Waals surface area (Å²) in [5.41, 5.74) is 0.973. The van der Waals surface area contributed by atoms with Crippen molar-refractivity contribution in [1.82, 2.24) is 4.72 Å². The van der Waals surface area contributed by atoms with Crippen molar-refractivity contribution in [2.75, 3.05) is 6.79 Å². The summed E-state index contributed by atoms with van der Waals surface area (Å²) in [5.74, 6) is 1.16. The van der Waals surface area contributed by atoms with Crippen LogP contribution in [0.15, 0.2) is 41.3 Å². The summed E-state index contributed by atoms with van der Waals surface area (Å²) in [5, 5.41) is 11.1. The maximum absolute atomic E-state index is 12.4. The molecule has 1 aliphatic rings. The lowest BCUT2D eigenvalue weighted by molar-refractivity contribution is -0.385. The largest absolute Gasteiger partial charge is 0.454 e. The Morgan fingerprint density at radius 2 is 1.92 bits per heavy atom. The lowest BCUT2D eigenvalue weighted by Gasteiger charge is -2.09. The third-order valence-electron chi connectivity index (χ3n) is 3.85. The van der Waals surface area contributed by atoms with Gasteiger partial charge in [0.15, 0.2) is 11.5 Å². The summed E-state index contributed by atoms with van der Waals surface area (Å²) in [7, 11) is -3.88. The van der Waals surface area contributed by atoms with E-state index in [1.54, 1.807) is 25.1 Å². The molecule has 9 heteroatoms. The zero-order chi connectivity index (χ0) is 18.0. The Labute approximate surface area is 144 Å². The zero-order valence-corrected chi connectivity index (χ0v) is 14.2. The number of hydrogen-bond acceptors (Lipinski definition) is 6. The van der Waals surface area contributed by atoms with E-state index in [4.69, 9.17) is 9.47 Å². The molecule has 0 saturated carbocycles. The van der Waals surface area contributed by atoms with Gasteiger partial charge in [-0.25, -0.2) is 13.1 Å². The van der Waals surface area contributed by atoms with Crippen LogP contribution in [0.25, 0.3) is 0 Å². The first-order valence-electron chi connectivity index (χ1n) is 7.56. The average Bonchev–Trinajstić information content (AvgIpc) is 3.07. The van der Waals surface area contributed by atoms with Gasteiger partial charge < -0.3 is 9.47 Å². The zero-order valence-electron chi connectivity index (χ0n) is 13.4. The molecule has 0 spiro atoms. The van der Waals surface area contributed by atoms with Gasteiger partial charge in [0.1, 0.15) is 0 Å². The van der Waals surface area contributed by atoms with Gasteiger partial charge >= 0.3 is 0 Å². The molecular formula is C16H16N2O6S. The fourth-order valence-electron chi connectivity index (χ4n) is 2.49. The average molecular weight is 364 g/mol. The minimum atomic E-state index is -3.88. The van der Waals surface area contributed by atoms with Gasteiger partial charge in [0.25, 0.3) is 5.69 Å². The van der Waals surface area contributed by atoms with Crippen LogP contribution in [0.2, 0.25) is 0 Å². The number of aryl methyl sites for hydroxylation is 1. The fourth-order valence-corrected chi connectivity index (χ4v) is 3.53. The number of nitro benzene ring substituents is 1. The first-order valence-corrected chi connectivity index (χ1v) is 9.04. The van der Waals surface area contributed by atoms with Crippen LogP contribution in [0.3, 0.4) is 0 Å². The number of nitro groups is 1. The molecule has 1 aliphatic heterocycles. The summed E-state index contributed by atoms with van der Waals surface area (Å²) in [6, 6.07) is 9.03. The number of hydrogen-bond donors (Lipinski definition) is 1.